The third-order valence-electron chi connectivity index (χ3n) is 2.41. The van der Waals surface area contributed by atoms with E-state index in [2.05, 4.69) is 0 Å². The lowest BCUT2D eigenvalue weighted by molar-refractivity contribution is -0.385. The van der Waals surface area contributed by atoms with Crippen LogP contribution in [-0.2, 0) is 6.18 Å². The van der Waals surface area contributed by atoms with Crippen molar-refractivity contribution in [1.82, 2.24) is 5.43 Å². The number of halogens is 3. The largest absolute Gasteiger partial charge is 0.416 e. The Kier molecular flexibility index (Phi) is 4.48. The average molecular weight is 297 g/mol. The van der Waals surface area contributed by atoms with Crippen LogP contribution in [0, 0.1) is 32.8 Å². The summed E-state index contributed by atoms with van der Waals surface area (Å²) < 4.78 is 37.7. The summed E-state index contributed by atoms with van der Waals surface area (Å²) in [7, 11) is 0. The van der Waals surface area contributed by atoms with Gasteiger partial charge >= 0.3 is 6.18 Å². The van der Waals surface area contributed by atoms with Gasteiger partial charge in [-0.15, -0.1) is 0 Å². The molecule has 0 radical (unpaired) electrons. The van der Waals surface area contributed by atoms with Crippen molar-refractivity contribution < 1.29 is 18.1 Å². The zero-order chi connectivity index (χ0) is 16.2. The Balaban J connectivity index is 3.67. The Morgan fingerprint density at radius 3 is 2.29 bits per heavy atom. The van der Waals surface area contributed by atoms with E-state index in [1.807, 2.05) is 5.43 Å². The fourth-order valence-corrected chi connectivity index (χ4v) is 1.49. The molecule has 0 aliphatic carbocycles. The second kappa shape index (κ2) is 5.90. The molecule has 0 bridgehead atoms. The molecule has 0 aliphatic heterocycles. The van der Waals surface area contributed by atoms with Crippen molar-refractivity contribution in [3.8, 4) is 12.1 Å². The van der Waals surface area contributed by atoms with Crippen molar-refractivity contribution in [1.29, 1.82) is 10.5 Å². The first kappa shape index (κ1) is 15.9. The van der Waals surface area contributed by atoms with Crippen LogP contribution >= 0.6 is 0 Å². The summed E-state index contributed by atoms with van der Waals surface area (Å²) in [6, 6.07) is 4.55. The number of hydrogen-bond acceptors (Lipinski definition) is 6. The van der Waals surface area contributed by atoms with Gasteiger partial charge in [-0.05, 0) is 12.1 Å². The van der Waals surface area contributed by atoms with Crippen LogP contribution in [0.1, 0.15) is 11.1 Å². The normalized spacial score (nSPS) is 10.2. The van der Waals surface area contributed by atoms with E-state index in [9.17, 15) is 23.3 Å². The van der Waals surface area contributed by atoms with Crippen LogP contribution in [0.25, 0.3) is 5.70 Å². The fraction of sp³-hybridized carbons (Fsp3) is 0.0909. The van der Waals surface area contributed by atoms with E-state index in [4.69, 9.17) is 16.4 Å². The van der Waals surface area contributed by atoms with Crippen LogP contribution in [-0.4, -0.2) is 4.92 Å². The number of hydrogen-bond donors (Lipinski definition) is 2. The first-order valence-electron chi connectivity index (χ1n) is 5.13. The molecule has 7 nitrogen and oxygen atoms in total. The third kappa shape index (κ3) is 3.26. The van der Waals surface area contributed by atoms with Crippen molar-refractivity contribution >= 4 is 11.4 Å². The first-order chi connectivity index (χ1) is 9.76. The minimum atomic E-state index is -4.77. The number of nitrogens with two attached hydrogens (primary N) is 1. The maximum absolute atomic E-state index is 12.6. The van der Waals surface area contributed by atoms with Gasteiger partial charge in [0, 0.05) is 6.07 Å². The molecule has 0 atom stereocenters. The zero-order valence-corrected chi connectivity index (χ0v) is 10.1. The molecular weight excluding hydrogens is 291 g/mol. The smallest absolute Gasteiger partial charge is 0.322 e. The summed E-state index contributed by atoms with van der Waals surface area (Å²) in [4.78, 5) is 9.84. The van der Waals surface area contributed by atoms with Crippen LogP contribution in [0.2, 0.25) is 0 Å². The topological polar surface area (TPSA) is 129 Å². The molecule has 0 unspecified atom stereocenters. The van der Waals surface area contributed by atoms with Gasteiger partial charge in [-0.3, -0.25) is 16.0 Å². The van der Waals surface area contributed by atoms with Gasteiger partial charge in [0.1, 0.15) is 12.1 Å². The quantitative estimate of drug-likeness (QED) is 0.379. The summed E-state index contributed by atoms with van der Waals surface area (Å²) in [5.41, 5.74) is -1.66. The maximum atomic E-state index is 12.6. The van der Waals surface area contributed by atoms with Gasteiger partial charge in [-0.1, -0.05) is 0 Å². The maximum Gasteiger partial charge on any atom is 0.416 e. The predicted molar refractivity (Wildman–Crippen MR) is 63.6 cm³/mol. The van der Waals surface area contributed by atoms with Crippen molar-refractivity contribution in [3.05, 3.63) is 45.0 Å². The van der Waals surface area contributed by atoms with Gasteiger partial charge in [0.25, 0.3) is 5.69 Å². The summed E-state index contributed by atoms with van der Waals surface area (Å²) in [6.07, 6.45) is -4.77. The second-order valence-electron chi connectivity index (χ2n) is 3.60. The summed E-state index contributed by atoms with van der Waals surface area (Å²) in [5, 5.41) is 28.4. The summed E-state index contributed by atoms with van der Waals surface area (Å²) in [6.45, 7) is 0. The molecule has 21 heavy (non-hydrogen) atoms. The summed E-state index contributed by atoms with van der Waals surface area (Å²) in [5.74, 6) is 5.09. The third-order valence-corrected chi connectivity index (χ3v) is 2.41. The molecule has 0 fully saturated rings. The fourth-order valence-electron chi connectivity index (χ4n) is 1.49. The number of nitrogens with zero attached hydrogens (tertiary/aromatic N) is 3. The van der Waals surface area contributed by atoms with Gasteiger partial charge in [0.15, 0.2) is 5.57 Å². The Morgan fingerprint density at radius 1 is 1.33 bits per heavy atom. The average Bonchev–Trinajstić information content (AvgIpc) is 2.43. The van der Waals surface area contributed by atoms with Gasteiger partial charge in [-0.25, -0.2) is 0 Å². The lowest BCUT2D eigenvalue weighted by atomic mass is 10.0. The SMILES string of the molecule is N#CC(C#N)=C(NN)c1ccc(C(F)(F)F)cc1[N+](=O)[O-]. The number of benzene rings is 1. The molecule has 0 spiro atoms. The van der Waals surface area contributed by atoms with Gasteiger partial charge in [0.05, 0.1) is 21.7 Å². The van der Waals surface area contributed by atoms with Crippen molar-refractivity contribution in [2.45, 2.75) is 6.18 Å². The highest BCUT2D eigenvalue weighted by Gasteiger charge is 2.33. The molecule has 108 valence electrons. The van der Waals surface area contributed by atoms with E-state index >= 15 is 0 Å². The number of nitro groups is 1. The molecule has 0 aliphatic rings. The minimum absolute atomic E-state index is 0.305. The van der Waals surface area contributed by atoms with E-state index < -0.39 is 39.2 Å². The Hall–Kier alpha value is -3.11. The molecule has 0 saturated heterocycles. The monoisotopic (exact) mass is 297 g/mol. The predicted octanol–water partition coefficient (Wildman–Crippen LogP) is 1.84. The van der Waals surface area contributed by atoms with Crippen molar-refractivity contribution in [2.24, 2.45) is 5.84 Å². The first-order valence-corrected chi connectivity index (χ1v) is 5.13. The molecule has 1 aromatic rings. The highest BCUT2D eigenvalue weighted by molar-refractivity contribution is 5.78. The van der Waals surface area contributed by atoms with Gasteiger partial charge in [0.2, 0.25) is 0 Å². The molecule has 10 heteroatoms. The van der Waals surface area contributed by atoms with Gasteiger partial charge < -0.3 is 5.43 Å². The molecule has 0 saturated carbocycles. The van der Waals surface area contributed by atoms with E-state index in [-0.39, 0.29) is 0 Å². The van der Waals surface area contributed by atoms with Crippen LogP contribution in [0.3, 0.4) is 0 Å². The number of nitriles is 2. The van der Waals surface area contributed by atoms with E-state index in [0.717, 1.165) is 6.07 Å². The lowest BCUT2D eigenvalue weighted by Crippen LogP contribution is -2.22. The Morgan fingerprint density at radius 2 is 1.90 bits per heavy atom. The lowest BCUT2D eigenvalue weighted by Gasteiger charge is -2.11. The minimum Gasteiger partial charge on any atom is -0.322 e. The highest BCUT2D eigenvalue weighted by Crippen LogP contribution is 2.35. The van der Waals surface area contributed by atoms with Crippen LogP contribution in [0.5, 0.6) is 0 Å². The highest BCUT2D eigenvalue weighted by atomic mass is 19.4. The molecule has 3 N–H and O–H groups in total. The van der Waals surface area contributed by atoms with Crippen molar-refractivity contribution in [3.63, 3.8) is 0 Å². The summed E-state index contributed by atoms with van der Waals surface area (Å²) >= 11 is 0. The van der Waals surface area contributed by atoms with Crippen LogP contribution in [0.4, 0.5) is 18.9 Å². The van der Waals surface area contributed by atoms with Crippen LogP contribution in [0.15, 0.2) is 23.8 Å². The van der Waals surface area contributed by atoms with E-state index in [1.165, 1.54) is 12.1 Å². The zero-order valence-electron chi connectivity index (χ0n) is 10.1. The number of hydrazine groups is 1. The number of nitro benzene ring substituents is 1. The molecule has 0 amide bonds. The number of nitrogens with one attached hydrogen (secondary N) is 1. The molecule has 0 heterocycles. The second-order valence-corrected chi connectivity index (χ2v) is 3.60. The Labute approximate surface area is 115 Å². The number of rotatable bonds is 3. The van der Waals surface area contributed by atoms with E-state index in [0.29, 0.717) is 12.1 Å². The standard InChI is InChI=1S/C11H6F3N5O2/c12-11(13,14)7-1-2-8(9(3-7)19(20)21)10(18-17)6(4-15)5-16/h1-3,18H,17H2. The molecule has 0 aromatic heterocycles. The molecular formula is C11H6F3N5O2. The van der Waals surface area contributed by atoms with Gasteiger partial charge in [-0.2, -0.15) is 23.7 Å². The van der Waals surface area contributed by atoms with Crippen molar-refractivity contribution in [2.75, 3.05) is 0 Å². The molecule has 1 rings (SSSR count). The van der Waals surface area contributed by atoms with E-state index in [1.54, 1.807) is 0 Å². The Bertz CT molecular complexity index is 681. The number of alkyl halides is 3. The van der Waals surface area contributed by atoms with Crippen LogP contribution < -0.4 is 11.3 Å². The molecule has 1 aromatic carbocycles. The number of allylic oxidation sites excluding steroid dienone is 1.